The van der Waals surface area contributed by atoms with Gasteiger partial charge in [0.15, 0.2) is 5.60 Å². The number of esters is 1. The Labute approximate surface area is 118 Å². The van der Waals surface area contributed by atoms with E-state index < -0.39 is 35.4 Å². The van der Waals surface area contributed by atoms with E-state index in [0.717, 1.165) is 24.3 Å². The first kappa shape index (κ1) is 17.2. The SMILES string of the molecule is CCOC(=O)C(F)(F)C(C)(O)c1cccc(OC(F)F)c1. The predicted octanol–water partition coefficient (Wildman–Crippen LogP) is 2.69. The standard InChI is InChI=1S/C13H14F4O4/c1-3-20-10(18)13(16,17)12(2,19)8-5-4-6-9(7-8)21-11(14)15/h4-7,11,19H,3H2,1-2H3. The Kier molecular flexibility index (Phi) is 5.16. The van der Waals surface area contributed by atoms with Gasteiger partial charge in [0.1, 0.15) is 5.75 Å². The van der Waals surface area contributed by atoms with Crippen LogP contribution in [0, 0.1) is 0 Å². The van der Waals surface area contributed by atoms with Crippen LogP contribution in [-0.4, -0.2) is 30.2 Å². The van der Waals surface area contributed by atoms with E-state index in [1.807, 2.05) is 0 Å². The molecule has 0 saturated heterocycles. The molecule has 0 aliphatic heterocycles. The summed E-state index contributed by atoms with van der Waals surface area (Å²) in [5.74, 6) is -6.58. The van der Waals surface area contributed by atoms with E-state index >= 15 is 0 Å². The summed E-state index contributed by atoms with van der Waals surface area (Å²) in [6.45, 7) is -1.42. The molecule has 0 heterocycles. The highest BCUT2D eigenvalue weighted by Gasteiger charge is 2.57. The lowest BCUT2D eigenvalue weighted by molar-refractivity contribution is -0.212. The zero-order valence-electron chi connectivity index (χ0n) is 11.3. The Balaban J connectivity index is 3.14. The number of rotatable bonds is 6. The lowest BCUT2D eigenvalue weighted by Gasteiger charge is -2.31. The molecule has 21 heavy (non-hydrogen) atoms. The van der Waals surface area contributed by atoms with Gasteiger partial charge < -0.3 is 14.6 Å². The number of alkyl halides is 4. The molecule has 0 bridgehead atoms. The van der Waals surface area contributed by atoms with Crippen molar-refractivity contribution in [1.82, 2.24) is 0 Å². The third-order valence-corrected chi connectivity index (χ3v) is 2.76. The fraction of sp³-hybridized carbons (Fsp3) is 0.462. The van der Waals surface area contributed by atoms with Crippen LogP contribution in [0.1, 0.15) is 19.4 Å². The second-order valence-corrected chi connectivity index (χ2v) is 4.27. The maximum Gasteiger partial charge on any atom is 0.387 e. The minimum atomic E-state index is -4.26. The van der Waals surface area contributed by atoms with Gasteiger partial charge in [0.05, 0.1) is 6.61 Å². The Morgan fingerprint density at radius 2 is 2.00 bits per heavy atom. The minimum Gasteiger partial charge on any atom is -0.461 e. The van der Waals surface area contributed by atoms with Gasteiger partial charge in [-0.25, -0.2) is 4.79 Å². The summed E-state index contributed by atoms with van der Waals surface area (Å²) >= 11 is 0. The zero-order chi connectivity index (χ0) is 16.3. The van der Waals surface area contributed by atoms with Gasteiger partial charge in [0.2, 0.25) is 0 Å². The number of hydrogen-bond acceptors (Lipinski definition) is 4. The summed E-state index contributed by atoms with van der Waals surface area (Å²) < 4.78 is 60.4. The van der Waals surface area contributed by atoms with Crippen molar-refractivity contribution in [2.45, 2.75) is 32.0 Å². The molecule has 0 fully saturated rings. The first-order valence-corrected chi connectivity index (χ1v) is 5.95. The van der Waals surface area contributed by atoms with E-state index in [2.05, 4.69) is 9.47 Å². The summed E-state index contributed by atoms with van der Waals surface area (Å²) in [6.07, 6.45) is 0. The molecule has 1 rings (SSSR count). The Morgan fingerprint density at radius 3 is 2.52 bits per heavy atom. The molecule has 1 unspecified atom stereocenters. The lowest BCUT2D eigenvalue weighted by Crippen LogP contribution is -2.49. The van der Waals surface area contributed by atoms with Gasteiger partial charge in [0.25, 0.3) is 0 Å². The lowest BCUT2D eigenvalue weighted by atomic mass is 9.89. The summed E-state index contributed by atoms with van der Waals surface area (Å²) in [5.41, 5.74) is -3.40. The van der Waals surface area contributed by atoms with Crippen LogP contribution in [-0.2, 0) is 15.1 Å². The number of carbonyl (C=O) groups is 1. The van der Waals surface area contributed by atoms with E-state index in [-0.39, 0.29) is 6.61 Å². The molecule has 0 aliphatic rings. The van der Waals surface area contributed by atoms with E-state index in [1.54, 1.807) is 0 Å². The molecule has 0 aliphatic carbocycles. The van der Waals surface area contributed by atoms with Crippen molar-refractivity contribution in [3.63, 3.8) is 0 Å². The Morgan fingerprint density at radius 1 is 1.38 bits per heavy atom. The molecule has 4 nitrogen and oxygen atoms in total. The summed E-state index contributed by atoms with van der Waals surface area (Å²) in [5, 5.41) is 9.98. The first-order valence-electron chi connectivity index (χ1n) is 5.95. The molecular weight excluding hydrogens is 296 g/mol. The Bertz CT molecular complexity index is 503. The molecule has 8 heteroatoms. The molecule has 0 amide bonds. The monoisotopic (exact) mass is 310 g/mol. The predicted molar refractivity (Wildman–Crippen MR) is 64.2 cm³/mol. The summed E-state index contributed by atoms with van der Waals surface area (Å²) in [7, 11) is 0. The molecule has 1 aromatic carbocycles. The fourth-order valence-electron chi connectivity index (χ4n) is 1.58. The summed E-state index contributed by atoms with van der Waals surface area (Å²) in [4.78, 5) is 11.3. The second-order valence-electron chi connectivity index (χ2n) is 4.27. The van der Waals surface area contributed by atoms with Crippen molar-refractivity contribution in [1.29, 1.82) is 0 Å². The second kappa shape index (κ2) is 6.30. The molecule has 1 N–H and O–H groups in total. The van der Waals surface area contributed by atoms with Crippen LogP contribution < -0.4 is 4.74 Å². The smallest absolute Gasteiger partial charge is 0.387 e. The van der Waals surface area contributed by atoms with Gasteiger partial charge in [-0.15, -0.1) is 0 Å². The summed E-state index contributed by atoms with van der Waals surface area (Å²) in [6, 6.07) is 4.11. The van der Waals surface area contributed by atoms with Gasteiger partial charge in [0, 0.05) is 0 Å². The molecule has 1 aromatic rings. The number of hydrogen-bond donors (Lipinski definition) is 1. The van der Waals surface area contributed by atoms with Gasteiger partial charge >= 0.3 is 18.5 Å². The van der Waals surface area contributed by atoms with E-state index in [0.29, 0.717) is 6.92 Å². The van der Waals surface area contributed by atoms with Crippen LogP contribution in [0.2, 0.25) is 0 Å². The molecule has 118 valence electrons. The average Bonchev–Trinajstić information content (AvgIpc) is 2.38. The van der Waals surface area contributed by atoms with Crippen molar-refractivity contribution in [2.75, 3.05) is 6.61 Å². The van der Waals surface area contributed by atoms with Crippen molar-refractivity contribution in [3.05, 3.63) is 29.8 Å². The maximum atomic E-state index is 13.9. The van der Waals surface area contributed by atoms with E-state index in [9.17, 15) is 27.5 Å². The molecule has 1 atom stereocenters. The number of carbonyl (C=O) groups excluding carboxylic acids is 1. The highest BCUT2D eigenvalue weighted by molar-refractivity contribution is 5.79. The van der Waals surface area contributed by atoms with Crippen molar-refractivity contribution >= 4 is 5.97 Å². The van der Waals surface area contributed by atoms with Crippen molar-refractivity contribution in [2.24, 2.45) is 0 Å². The molecule has 0 saturated carbocycles. The highest BCUT2D eigenvalue weighted by atomic mass is 19.3. The van der Waals surface area contributed by atoms with Crippen LogP contribution in [0.15, 0.2) is 24.3 Å². The van der Waals surface area contributed by atoms with Crippen LogP contribution in [0.5, 0.6) is 5.75 Å². The first-order chi connectivity index (χ1) is 9.62. The third-order valence-electron chi connectivity index (χ3n) is 2.76. The van der Waals surface area contributed by atoms with E-state index in [4.69, 9.17) is 0 Å². The Hall–Kier alpha value is -1.83. The van der Waals surface area contributed by atoms with Crippen molar-refractivity contribution in [3.8, 4) is 5.75 Å². The fourth-order valence-corrected chi connectivity index (χ4v) is 1.58. The van der Waals surface area contributed by atoms with Crippen LogP contribution >= 0.6 is 0 Å². The third kappa shape index (κ3) is 3.63. The number of aliphatic hydroxyl groups is 1. The van der Waals surface area contributed by atoms with Gasteiger partial charge in [-0.1, -0.05) is 12.1 Å². The molecular formula is C13H14F4O4. The van der Waals surface area contributed by atoms with Gasteiger partial charge in [-0.3, -0.25) is 0 Å². The zero-order valence-corrected chi connectivity index (χ0v) is 11.3. The van der Waals surface area contributed by atoms with E-state index in [1.165, 1.54) is 6.92 Å². The van der Waals surface area contributed by atoms with Crippen molar-refractivity contribution < 1.29 is 36.9 Å². The van der Waals surface area contributed by atoms with Gasteiger partial charge in [-0.05, 0) is 31.5 Å². The number of ether oxygens (including phenoxy) is 2. The number of benzene rings is 1. The van der Waals surface area contributed by atoms with Crippen LogP contribution in [0.4, 0.5) is 17.6 Å². The topological polar surface area (TPSA) is 55.8 Å². The average molecular weight is 310 g/mol. The largest absolute Gasteiger partial charge is 0.461 e. The quantitative estimate of drug-likeness (QED) is 0.648. The van der Waals surface area contributed by atoms with Crippen LogP contribution in [0.3, 0.4) is 0 Å². The van der Waals surface area contributed by atoms with Crippen LogP contribution in [0.25, 0.3) is 0 Å². The normalized spacial score (nSPS) is 14.7. The molecule has 0 radical (unpaired) electrons. The maximum absolute atomic E-state index is 13.9. The minimum absolute atomic E-state index is 0.293. The van der Waals surface area contributed by atoms with Gasteiger partial charge in [-0.2, -0.15) is 17.6 Å². The highest BCUT2D eigenvalue weighted by Crippen LogP contribution is 2.39. The molecule has 0 spiro atoms. The number of halogens is 4. The molecule has 0 aromatic heterocycles.